The number of nitriles is 1. The summed E-state index contributed by atoms with van der Waals surface area (Å²) in [6.07, 6.45) is 0.447. The normalized spacial score (nSPS) is 20.2. The molecule has 2 aromatic carbocycles. The van der Waals surface area contributed by atoms with E-state index in [2.05, 4.69) is 16.3 Å². The number of benzene rings is 2. The fourth-order valence-electron chi connectivity index (χ4n) is 5.15. The maximum absolute atomic E-state index is 15.1. The average molecular weight is 492 g/mol. The topological polar surface area (TPSA) is 106 Å². The second-order valence-corrected chi connectivity index (χ2v) is 9.27. The van der Waals surface area contributed by atoms with E-state index in [-0.39, 0.29) is 36.8 Å². The Morgan fingerprint density at radius 3 is 2.61 bits per heavy atom. The highest BCUT2D eigenvalue weighted by Crippen LogP contribution is 2.33. The smallest absolute Gasteiger partial charge is 0.255 e. The van der Waals surface area contributed by atoms with Gasteiger partial charge in [0.25, 0.3) is 5.91 Å². The molecule has 186 valence electrons. The summed E-state index contributed by atoms with van der Waals surface area (Å²) in [5.74, 6) is -1.12. The SMILES string of the molecule is COc1cc(CN2CCN(c3cc4c(cc3F)C(=O)N(C3CCC(=O)NC3=O)C4)CC2)ccc1C#N. The van der Waals surface area contributed by atoms with Gasteiger partial charge in [-0.2, -0.15) is 5.26 Å². The van der Waals surface area contributed by atoms with Crippen LogP contribution >= 0.6 is 0 Å². The molecule has 0 aliphatic carbocycles. The van der Waals surface area contributed by atoms with Crippen LogP contribution in [0.25, 0.3) is 0 Å². The van der Waals surface area contributed by atoms with Crippen molar-refractivity contribution in [2.75, 3.05) is 38.2 Å². The standard InChI is InChI=1S/C26H26FN5O4/c1-36-23-10-16(2-3-17(23)13-28)14-30-6-8-31(9-7-30)22-11-18-15-32(26(35)19(18)12-20(22)27)21-4-5-24(33)29-25(21)34/h2-3,10-12,21H,4-9,14-15H2,1H3,(H,29,33,34). The van der Waals surface area contributed by atoms with Crippen LogP contribution in [0.2, 0.25) is 0 Å². The van der Waals surface area contributed by atoms with Crippen molar-refractivity contribution in [1.29, 1.82) is 5.26 Å². The average Bonchev–Trinajstić information content (AvgIpc) is 3.19. The number of imide groups is 1. The van der Waals surface area contributed by atoms with Gasteiger partial charge in [0.05, 0.1) is 18.4 Å². The Morgan fingerprint density at radius 2 is 1.92 bits per heavy atom. The van der Waals surface area contributed by atoms with Crippen LogP contribution in [-0.4, -0.2) is 66.9 Å². The van der Waals surface area contributed by atoms with Crippen molar-refractivity contribution in [2.24, 2.45) is 0 Å². The first-order valence-electron chi connectivity index (χ1n) is 11.9. The fraction of sp³-hybridized carbons (Fsp3) is 0.385. The zero-order chi connectivity index (χ0) is 25.4. The van der Waals surface area contributed by atoms with E-state index in [4.69, 9.17) is 10.00 Å². The summed E-state index contributed by atoms with van der Waals surface area (Å²) in [6.45, 7) is 3.59. The first-order chi connectivity index (χ1) is 17.4. The molecule has 0 aromatic heterocycles. The summed E-state index contributed by atoms with van der Waals surface area (Å²) < 4.78 is 20.4. The minimum atomic E-state index is -0.724. The number of fused-ring (bicyclic) bond motifs is 1. The van der Waals surface area contributed by atoms with Crippen molar-refractivity contribution in [3.05, 3.63) is 58.4 Å². The second kappa shape index (κ2) is 9.59. The number of rotatable bonds is 5. The molecule has 3 heterocycles. The Labute approximate surface area is 208 Å². The zero-order valence-corrected chi connectivity index (χ0v) is 19.9. The van der Waals surface area contributed by atoms with Gasteiger partial charge < -0.3 is 14.5 Å². The largest absolute Gasteiger partial charge is 0.495 e. The summed E-state index contributed by atoms with van der Waals surface area (Å²) in [6, 6.07) is 9.92. The number of hydrogen-bond donors (Lipinski definition) is 1. The number of ether oxygens (including phenoxy) is 1. The molecule has 3 aliphatic rings. The molecule has 1 unspecified atom stereocenters. The summed E-state index contributed by atoms with van der Waals surface area (Å²) in [7, 11) is 1.54. The van der Waals surface area contributed by atoms with E-state index in [1.807, 2.05) is 17.0 Å². The van der Waals surface area contributed by atoms with Gasteiger partial charge in [0.15, 0.2) is 0 Å². The monoisotopic (exact) mass is 491 g/mol. The number of methoxy groups -OCH3 is 1. The Kier molecular flexibility index (Phi) is 6.33. The van der Waals surface area contributed by atoms with Crippen LogP contribution in [0.3, 0.4) is 0 Å². The third kappa shape index (κ3) is 4.38. The van der Waals surface area contributed by atoms with E-state index >= 15 is 4.39 Å². The molecule has 2 aromatic rings. The van der Waals surface area contributed by atoms with Crippen LogP contribution in [0.1, 0.15) is 39.9 Å². The molecule has 2 saturated heterocycles. The van der Waals surface area contributed by atoms with Gasteiger partial charge in [0.2, 0.25) is 11.8 Å². The minimum absolute atomic E-state index is 0.176. The predicted octanol–water partition coefficient (Wildman–Crippen LogP) is 1.79. The molecule has 0 radical (unpaired) electrons. The Bertz CT molecular complexity index is 1280. The molecule has 0 bridgehead atoms. The molecule has 36 heavy (non-hydrogen) atoms. The molecule has 2 fully saturated rings. The molecule has 3 aliphatic heterocycles. The molecule has 1 N–H and O–H groups in total. The Balaban J connectivity index is 1.25. The van der Waals surface area contributed by atoms with Crippen molar-refractivity contribution < 1.29 is 23.5 Å². The molecule has 5 rings (SSSR count). The van der Waals surface area contributed by atoms with Crippen LogP contribution in [0.15, 0.2) is 30.3 Å². The Hall–Kier alpha value is -3.97. The van der Waals surface area contributed by atoms with Crippen molar-refractivity contribution in [3.63, 3.8) is 0 Å². The predicted molar refractivity (Wildman–Crippen MR) is 128 cm³/mol. The van der Waals surface area contributed by atoms with Gasteiger partial charge in [-0.05, 0) is 41.8 Å². The maximum atomic E-state index is 15.1. The molecular weight excluding hydrogens is 465 g/mol. The van der Waals surface area contributed by atoms with Crippen LogP contribution in [0, 0.1) is 17.1 Å². The van der Waals surface area contributed by atoms with Crippen LogP contribution in [-0.2, 0) is 22.7 Å². The van der Waals surface area contributed by atoms with Crippen LogP contribution in [0.5, 0.6) is 5.75 Å². The van der Waals surface area contributed by atoms with Gasteiger partial charge in [-0.1, -0.05) is 6.07 Å². The molecule has 1 atom stereocenters. The molecule has 10 heteroatoms. The van der Waals surface area contributed by atoms with E-state index in [1.54, 1.807) is 19.2 Å². The van der Waals surface area contributed by atoms with Crippen molar-refractivity contribution in [2.45, 2.75) is 32.0 Å². The van der Waals surface area contributed by atoms with Crippen LogP contribution in [0.4, 0.5) is 10.1 Å². The van der Waals surface area contributed by atoms with Crippen molar-refractivity contribution in [3.8, 4) is 11.8 Å². The van der Waals surface area contributed by atoms with Crippen LogP contribution < -0.4 is 15.0 Å². The number of amides is 3. The number of carbonyl (C=O) groups is 3. The quantitative estimate of drug-likeness (QED) is 0.636. The third-order valence-electron chi connectivity index (χ3n) is 7.10. The molecule has 0 spiro atoms. The maximum Gasteiger partial charge on any atom is 0.255 e. The molecule has 3 amide bonds. The second-order valence-electron chi connectivity index (χ2n) is 9.27. The van der Waals surface area contributed by atoms with E-state index in [0.717, 1.165) is 18.7 Å². The summed E-state index contributed by atoms with van der Waals surface area (Å²) in [4.78, 5) is 42.3. The first kappa shape index (κ1) is 23.8. The van der Waals surface area contributed by atoms with Gasteiger partial charge >= 0.3 is 0 Å². The lowest BCUT2D eigenvalue weighted by Gasteiger charge is -2.36. The van der Waals surface area contributed by atoms with Gasteiger partial charge in [-0.25, -0.2) is 4.39 Å². The van der Waals surface area contributed by atoms with E-state index < -0.39 is 17.8 Å². The van der Waals surface area contributed by atoms with E-state index in [9.17, 15) is 14.4 Å². The first-order valence-corrected chi connectivity index (χ1v) is 11.9. The summed E-state index contributed by atoms with van der Waals surface area (Å²) in [5, 5.41) is 11.5. The third-order valence-corrected chi connectivity index (χ3v) is 7.10. The number of carbonyl (C=O) groups excluding carboxylic acids is 3. The lowest BCUT2D eigenvalue weighted by molar-refractivity contribution is -0.136. The summed E-state index contributed by atoms with van der Waals surface area (Å²) >= 11 is 0. The highest BCUT2D eigenvalue weighted by molar-refractivity contribution is 6.05. The highest BCUT2D eigenvalue weighted by atomic mass is 19.1. The van der Waals surface area contributed by atoms with Gasteiger partial charge in [0.1, 0.15) is 23.7 Å². The number of nitrogens with one attached hydrogen (secondary N) is 1. The fourth-order valence-corrected chi connectivity index (χ4v) is 5.15. The van der Waals surface area contributed by atoms with Crippen molar-refractivity contribution >= 4 is 23.4 Å². The van der Waals surface area contributed by atoms with Gasteiger partial charge in [0, 0.05) is 51.3 Å². The van der Waals surface area contributed by atoms with Gasteiger partial charge in [-0.3, -0.25) is 24.6 Å². The molecule has 0 saturated carbocycles. The number of anilines is 1. The number of piperidine rings is 1. The number of piperazine rings is 1. The minimum Gasteiger partial charge on any atom is -0.495 e. The lowest BCUT2D eigenvalue weighted by Crippen LogP contribution is -2.52. The number of nitrogens with zero attached hydrogens (tertiary/aromatic N) is 4. The molecular formula is C26H26FN5O4. The highest BCUT2D eigenvalue weighted by Gasteiger charge is 2.40. The molecule has 9 nitrogen and oxygen atoms in total. The van der Waals surface area contributed by atoms with E-state index in [1.165, 1.54) is 11.0 Å². The lowest BCUT2D eigenvalue weighted by atomic mass is 10.0. The zero-order valence-electron chi connectivity index (χ0n) is 19.9. The number of halogens is 1. The summed E-state index contributed by atoms with van der Waals surface area (Å²) in [5.41, 5.74) is 2.94. The van der Waals surface area contributed by atoms with E-state index in [0.29, 0.717) is 42.2 Å². The van der Waals surface area contributed by atoms with Gasteiger partial charge in [-0.15, -0.1) is 0 Å². The number of hydrogen-bond acceptors (Lipinski definition) is 7. The van der Waals surface area contributed by atoms with Crippen molar-refractivity contribution in [1.82, 2.24) is 15.1 Å². The Morgan fingerprint density at radius 1 is 1.14 bits per heavy atom.